The molecule has 0 heterocycles. The molecule has 1 aliphatic rings. The number of hydrogen-bond donors (Lipinski definition) is 0. The molecule has 1 nitrogen and oxygen atoms in total. The van der Waals surface area contributed by atoms with Gasteiger partial charge in [0, 0.05) is 7.11 Å². The first-order valence-corrected chi connectivity index (χ1v) is 4.32. The Bertz CT molecular complexity index is 88.9. The molecular formula is C9H18O. The zero-order valence-electron chi connectivity index (χ0n) is 7.26. The average Bonchev–Trinajstić information content (AvgIpc) is 2.30. The Morgan fingerprint density at radius 1 is 1.40 bits per heavy atom. The van der Waals surface area contributed by atoms with Crippen molar-refractivity contribution >= 4 is 0 Å². The van der Waals surface area contributed by atoms with E-state index in [1.165, 1.54) is 19.3 Å². The highest BCUT2D eigenvalue weighted by Gasteiger charge is 2.30. The highest BCUT2D eigenvalue weighted by Crippen LogP contribution is 2.35. The zero-order valence-corrected chi connectivity index (χ0v) is 7.26. The van der Waals surface area contributed by atoms with Gasteiger partial charge >= 0.3 is 0 Å². The fraction of sp³-hybridized carbons (Fsp3) is 1.00. The van der Waals surface area contributed by atoms with E-state index < -0.39 is 0 Å². The number of hydrogen-bond acceptors (Lipinski definition) is 1. The molecule has 1 aliphatic carbocycles. The monoisotopic (exact) mass is 142 g/mol. The van der Waals surface area contributed by atoms with Crippen molar-refractivity contribution in [3.63, 3.8) is 0 Å². The lowest BCUT2D eigenvalue weighted by molar-refractivity contribution is 0.0679. The topological polar surface area (TPSA) is 9.23 Å². The predicted octanol–water partition coefficient (Wildman–Crippen LogP) is 2.46. The second kappa shape index (κ2) is 3.38. The summed E-state index contributed by atoms with van der Waals surface area (Å²) in [4.78, 5) is 0. The summed E-state index contributed by atoms with van der Waals surface area (Å²) in [5.41, 5.74) is 0. The summed E-state index contributed by atoms with van der Waals surface area (Å²) in [5, 5.41) is 0. The van der Waals surface area contributed by atoms with Gasteiger partial charge in [0.2, 0.25) is 0 Å². The largest absolute Gasteiger partial charge is 0.381 e. The van der Waals surface area contributed by atoms with Gasteiger partial charge in [0.1, 0.15) is 0 Å². The molecule has 3 atom stereocenters. The van der Waals surface area contributed by atoms with Crippen LogP contribution in [0.5, 0.6) is 0 Å². The molecule has 0 spiro atoms. The molecule has 0 aromatic rings. The van der Waals surface area contributed by atoms with E-state index in [0.717, 1.165) is 11.8 Å². The molecule has 0 saturated heterocycles. The van der Waals surface area contributed by atoms with Crippen LogP contribution in [0.25, 0.3) is 0 Å². The van der Waals surface area contributed by atoms with Crippen LogP contribution >= 0.6 is 0 Å². The summed E-state index contributed by atoms with van der Waals surface area (Å²) in [6, 6.07) is 0. The van der Waals surface area contributed by atoms with Gasteiger partial charge in [0.15, 0.2) is 0 Å². The minimum absolute atomic E-state index is 0.546. The van der Waals surface area contributed by atoms with E-state index in [4.69, 9.17) is 4.74 Å². The highest BCUT2D eigenvalue weighted by atomic mass is 16.5. The van der Waals surface area contributed by atoms with Crippen molar-refractivity contribution in [2.45, 2.75) is 39.2 Å². The van der Waals surface area contributed by atoms with Gasteiger partial charge in [-0.2, -0.15) is 0 Å². The van der Waals surface area contributed by atoms with E-state index in [1.807, 2.05) is 7.11 Å². The molecule has 3 unspecified atom stereocenters. The maximum atomic E-state index is 5.36. The minimum Gasteiger partial charge on any atom is -0.381 e. The van der Waals surface area contributed by atoms with Gasteiger partial charge in [-0.25, -0.2) is 0 Å². The summed E-state index contributed by atoms with van der Waals surface area (Å²) in [7, 11) is 1.83. The van der Waals surface area contributed by atoms with Crippen LogP contribution in [0.2, 0.25) is 0 Å². The molecule has 0 aromatic heterocycles. The fourth-order valence-electron chi connectivity index (χ4n) is 2.12. The third-order valence-corrected chi connectivity index (χ3v) is 2.98. The second-order valence-electron chi connectivity index (χ2n) is 3.38. The van der Waals surface area contributed by atoms with E-state index in [-0.39, 0.29) is 0 Å². The number of rotatable bonds is 2. The molecular weight excluding hydrogens is 124 g/mol. The molecule has 0 N–H and O–H groups in total. The highest BCUT2D eigenvalue weighted by molar-refractivity contribution is 4.81. The number of ether oxygens (including phenoxy) is 1. The Morgan fingerprint density at radius 3 is 2.40 bits per heavy atom. The smallest absolute Gasteiger partial charge is 0.0599 e. The normalized spacial score (nSPS) is 40.5. The van der Waals surface area contributed by atoms with E-state index in [1.54, 1.807) is 0 Å². The Kier molecular flexibility index (Phi) is 2.72. The predicted molar refractivity (Wildman–Crippen MR) is 43.0 cm³/mol. The fourth-order valence-corrected chi connectivity index (χ4v) is 2.12. The van der Waals surface area contributed by atoms with Gasteiger partial charge in [-0.3, -0.25) is 0 Å². The van der Waals surface area contributed by atoms with Crippen molar-refractivity contribution in [2.75, 3.05) is 7.11 Å². The van der Waals surface area contributed by atoms with E-state index >= 15 is 0 Å². The van der Waals surface area contributed by atoms with Crippen LogP contribution in [-0.4, -0.2) is 13.2 Å². The van der Waals surface area contributed by atoms with Gasteiger partial charge in [-0.15, -0.1) is 0 Å². The molecule has 0 aromatic carbocycles. The molecule has 10 heavy (non-hydrogen) atoms. The first-order chi connectivity index (χ1) is 4.79. The van der Waals surface area contributed by atoms with Crippen molar-refractivity contribution in [3.8, 4) is 0 Å². The molecule has 0 aliphatic heterocycles. The molecule has 60 valence electrons. The van der Waals surface area contributed by atoms with Crippen LogP contribution in [0.1, 0.15) is 33.1 Å². The van der Waals surface area contributed by atoms with Gasteiger partial charge in [0.25, 0.3) is 0 Å². The van der Waals surface area contributed by atoms with Crippen LogP contribution in [0, 0.1) is 11.8 Å². The lowest BCUT2D eigenvalue weighted by Gasteiger charge is -2.17. The van der Waals surface area contributed by atoms with Crippen molar-refractivity contribution in [2.24, 2.45) is 11.8 Å². The molecule has 1 heteroatoms. The van der Waals surface area contributed by atoms with Crippen molar-refractivity contribution in [1.82, 2.24) is 0 Å². The van der Waals surface area contributed by atoms with Gasteiger partial charge < -0.3 is 4.74 Å². The lowest BCUT2D eigenvalue weighted by Crippen LogP contribution is -2.17. The average molecular weight is 142 g/mol. The molecule has 1 fully saturated rings. The summed E-state index contributed by atoms with van der Waals surface area (Å²) >= 11 is 0. The standard InChI is InChI=1S/C9H18O/c1-4-8-5-6-9(10-3)7(8)2/h7-9H,4-6H2,1-3H3. The number of methoxy groups -OCH3 is 1. The van der Waals surface area contributed by atoms with Gasteiger partial charge in [0.05, 0.1) is 6.10 Å². The first-order valence-electron chi connectivity index (χ1n) is 4.32. The quantitative estimate of drug-likeness (QED) is 0.575. The molecule has 0 bridgehead atoms. The Hall–Kier alpha value is -0.0400. The lowest BCUT2D eigenvalue weighted by atomic mass is 9.95. The minimum atomic E-state index is 0.546. The van der Waals surface area contributed by atoms with Crippen LogP contribution in [0.3, 0.4) is 0 Å². The van der Waals surface area contributed by atoms with Crippen LogP contribution in [0.4, 0.5) is 0 Å². The zero-order chi connectivity index (χ0) is 7.56. The molecule has 0 radical (unpaired) electrons. The maximum Gasteiger partial charge on any atom is 0.0599 e. The van der Waals surface area contributed by atoms with Gasteiger partial charge in [-0.1, -0.05) is 20.3 Å². The second-order valence-corrected chi connectivity index (χ2v) is 3.38. The van der Waals surface area contributed by atoms with Crippen molar-refractivity contribution in [1.29, 1.82) is 0 Å². The molecule has 0 amide bonds. The van der Waals surface area contributed by atoms with Crippen molar-refractivity contribution < 1.29 is 4.74 Å². The summed E-state index contributed by atoms with van der Waals surface area (Å²) in [5.74, 6) is 1.71. The summed E-state index contributed by atoms with van der Waals surface area (Å²) in [6.45, 7) is 4.59. The van der Waals surface area contributed by atoms with Crippen LogP contribution < -0.4 is 0 Å². The van der Waals surface area contributed by atoms with E-state index in [9.17, 15) is 0 Å². The van der Waals surface area contributed by atoms with E-state index in [0.29, 0.717) is 6.10 Å². The maximum absolute atomic E-state index is 5.36. The summed E-state index contributed by atoms with van der Waals surface area (Å²) < 4.78 is 5.36. The molecule has 1 saturated carbocycles. The van der Waals surface area contributed by atoms with Crippen LogP contribution in [-0.2, 0) is 4.74 Å². The Labute approximate surface area is 63.8 Å². The van der Waals surface area contributed by atoms with Gasteiger partial charge in [-0.05, 0) is 24.7 Å². The molecule has 1 rings (SSSR count). The Morgan fingerprint density at radius 2 is 2.10 bits per heavy atom. The van der Waals surface area contributed by atoms with E-state index in [2.05, 4.69) is 13.8 Å². The SMILES string of the molecule is CCC1CCC(OC)C1C. The third kappa shape index (κ3) is 1.34. The third-order valence-electron chi connectivity index (χ3n) is 2.98. The summed E-state index contributed by atoms with van der Waals surface area (Å²) in [6.07, 6.45) is 4.51. The first kappa shape index (κ1) is 8.06. The van der Waals surface area contributed by atoms with Crippen LogP contribution in [0.15, 0.2) is 0 Å². The Balaban J connectivity index is 2.41. The van der Waals surface area contributed by atoms with Crippen molar-refractivity contribution in [3.05, 3.63) is 0 Å².